The molecule has 7 heteroatoms. The molecule has 0 amide bonds. The predicted octanol–water partition coefficient (Wildman–Crippen LogP) is 3.68. The van der Waals surface area contributed by atoms with E-state index in [1.54, 1.807) is 30.5 Å². The molecule has 0 bridgehead atoms. The molecule has 4 aromatic rings. The number of hydrogen-bond donors (Lipinski definition) is 2. The summed E-state index contributed by atoms with van der Waals surface area (Å²) in [6.45, 7) is 4.63. The number of nitrogens with two attached hydrogens (primary N) is 1. The second-order valence-electron chi connectivity index (χ2n) is 7.41. The molecule has 0 aliphatic heterocycles. The predicted molar refractivity (Wildman–Crippen MR) is 113 cm³/mol. The summed E-state index contributed by atoms with van der Waals surface area (Å²) in [7, 11) is -3.77. The zero-order chi connectivity index (χ0) is 19.9. The molecule has 144 valence electrons. The lowest BCUT2D eigenvalue weighted by Crippen LogP contribution is -2.34. The van der Waals surface area contributed by atoms with Crippen LogP contribution in [0, 0.1) is 0 Å². The lowest BCUT2D eigenvalue weighted by Gasteiger charge is -2.26. The van der Waals surface area contributed by atoms with Crippen molar-refractivity contribution in [1.82, 2.24) is 9.55 Å². The fourth-order valence-electron chi connectivity index (χ4n) is 3.34. The normalized spacial score (nSPS) is 12.5. The van der Waals surface area contributed by atoms with Crippen LogP contribution in [0.1, 0.15) is 13.8 Å². The fraction of sp³-hybridized carbons (Fsp3) is 0.190. The number of fused-ring (bicyclic) bond motifs is 2. The van der Waals surface area contributed by atoms with Crippen molar-refractivity contribution in [3.63, 3.8) is 0 Å². The highest BCUT2D eigenvalue weighted by molar-refractivity contribution is 7.93. The number of nitrogens with zero attached hydrogens (tertiary/aromatic N) is 2. The number of aromatic nitrogens is 2. The van der Waals surface area contributed by atoms with Gasteiger partial charge in [0.05, 0.1) is 11.1 Å². The Morgan fingerprint density at radius 2 is 1.86 bits per heavy atom. The molecule has 0 saturated heterocycles. The highest BCUT2D eigenvalue weighted by Gasteiger charge is 2.21. The third-order valence-electron chi connectivity index (χ3n) is 4.98. The van der Waals surface area contributed by atoms with Crippen molar-refractivity contribution in [2.24, 2.45) is 5.73 Å². The Balaban J connectivity index is 1.73. The van der Waals surface area contributed by atoms with Crippen LogP contribution >= 0.6 is 0 Å². The van der Waals surface area contributed by atoms with Crippen molar-refractivity contribution in [2.75, 3.05) is 11.3 Å². The number of anilines is 1. The molecule has 0 atom stereocenters. The number of rotatable bonds is 5. The molecular formula is C21H22N4O2S. The van der Waals surface area contributed by atoms with Crippen LogP contribution in [0.5, 0.6) is 0 Å². The Kier molecular flexibility index (Phi) is 4.36. The van der Waals surface area contributed by atoms with Crippen LogP contribution in [0.25, 0.3) is 21.8 Å². The van der Waals surface area contributed by atoms with Crippen LogP contribution in [0.15, 0.2) is 71.9 Å². The Hall–Kier alpha value is -2.90. The van der Waals surface area contributed by atoms with E-state index in [-0.39, 0.29) is 10.4 Å². The maximum atomic E-state index is 13.0. The summed E-state index contributed by atoms with van der Waals surface area (Å²) in [4.78, 5) is 4.40. The zero-order valence-corrected chi connectivity index (χ0v) is 16.6. The highest BCUT2D eigenvalue weighted by atomic mass is 32.2. The first-order chi connectivity index (χ1) is 13.3. The van der Waals surface area contributed by atoms with Gasteiger partial charge < -0.3 is 10.3 Å². The maximum Gasteiger partial charge on any atom is 0.264 e. The average molecular weight is 395 g/mol. The van der Waals surface area contributed by atoms with E-state index in [9.17, 15) is 8.42 Å². The fourth-order valence-corrected chi connectivity index (χ4v) is 4.57. The van der Waals surface area contributed by atoms with Crippen molar-refractivity contribution < 1.29 is 8.42 Å². The Labute approximate surface area is 164 Å². The van der Waals surface area contributed by atoms with Gasteiger partial charge in [-0.1, -0.05) is 18.2 Å². The van der Waals surface area contributed by atoms with Crippen molar-refractivity contribution in [2.45, 2.75) is 24.3 Å². The number of para-hydroxylation sites is 1. The van der Waals surface area contributed by atoms with E-state index in [0.29, 0.717) is 17.7 Å². The summed E-state index contributed by atoms with van der Waals surface area (Å²) < 4.78 is 30.8. The molecule has 2 heterocycles. The number of pyridine rings is 1. The molecule has 4 rings (SSSR count). The standard InChI is InChI=1S/C21H22N4O2S/c1-21(2,14-22)25-12-10-16-13-17(8-9-18(16)25)24-28(26,27)19-7-3-5-15-6-4-11-23-20(15)19/h3-13,24H,14,22H2,1-2H3. The summed E-state index contributed by atoms with van der Waals surface area (Å²) >= 11 is 0. The number of sulfonamides is 1. The van der Waals surface area contributed by atoms with Gasteiger partial charge in [-0.15, -0.1) is 0 Å². The Morgan fingerprint density at radius 3 is 2.64 bits per heavy atom. The van der Waals surface area contributed by atoms with E-state index in [2.05, 4.69) is 28.1 Å². The van der Waals surface area contributed by atoms with Crippen LogP contribution in [0.4, 0.5) is 5.69 Å². The molecule has 0 unspecified atom stereocenters. The van der Waals surface area contributed by atoms with Gasteiger partial charge in [0.15, 0.2) is 0 Å². The Bertz CT molecular complexity index is 1270. The monoisotopic (exact) mass is 394 g/mol. The molecule has 0 fully saturated rings. The lowest BCUT2D eigenvalue weighted by molar-refractivity contribution is 0.379. The third kappa shape index (κ3) is 3.12. The molecule has 28 heavy (non-hydrogen) atoms. The van der Waals surface area contributed by atoms with Crippen molar-refractivity contribution in [3.05, 3.63) is 67.0 Å². The summed E-state index contributed by atoms with van der Waals surface area (Å²) in [5.74, 6) is 0. The molecule has 0 aliphatic rings. The quantitative estimate of drug-likeness (QED) is 0.540. The largest absolute Gasteiger partial charge is 0.341 e. The molecule has 2 aromatic heterocycles. The van der Waals surface area contributed by atoms with Gasteiger partial charge in [0.25, 0.3) is 10.0 Å². The van der Waals surface area contributed by atoms with Crippen molar-refractivity contribution >= 4 is 37.5 Å². The maximum absolute atomic E-state index is 13.0. The first-order valence-electron chi connectivity index (χ1n) is 9.00. The number of nitrogens with one attached hydrogen (secondary N) is 1. The van der Waals surface area contributed by atoms with Gasteiger partial charge in [0.1, 0.15) is 4.90 Å². The third-order valence-corrected chi connectivity index (χ3v) is 6.39. The van der Waals surface area contributed by atoms with E-state index in [0.717, 1.165) is 16.3 Å². The summed E-state index contributed by atoms with van der Waals surface area (Å²) in [5, 5.41) is 1.72. The highest BCUT2D eigenvalue weighted by Crippen LogP contribution is 2.28. The van der Waals surface area contributed by atoms with Crippen LogP contribution in [-0.2, 0) is 15.6 Å². The van der Waals surface area contributed by atoms with Gasteiger partial charge in [-0.3, -0.25) is 9.71 Å². The molecule has 0 radical (unpaired) electrons. The number of hydrogen-bond acceptors (Lipinski definition) is 4. The van der Waals surface area contributed by atoms with Gasteiger partial charge in [-0.2, -0.15) is 0 Å². The molecule has 3 N–H and O–H groups in total. The van der Waals surface area contributed by atoms with Gasteiger partial charge in [0, 0.05) is 40.9 Å². The summed E-state index contributed by atoms with van der Waals surface area (Å²) in [6, 6.07) is 16.2. The molecule has 2 aromatic carbocycles. The second-order valence-corrected chi connectivity index (χ2v) is 9.06. The van der Waals surface area contributed by atoms with E-state index < -0.39 is 10.0 Å². The van der Waals surface area contributed by atoms with E-state index >= 15 is 0 Å². The first-order valence-corrected chi connectivity index (χ1v) is 10.5. The van der Waals surface area contributed by atoms with E-state index in [4.69, 9.17) is 5.73 Å². The zero-order valence-electron chi connectivity index (χ0n) is 15.8. The SMILES string of the molecule is CC(C)(CN)n1ccc2cc(NS(=O)(=O)c3cccc4cccnc34)ccc21. The van der Waals surface area contributed by atoms with E-state index in [1.165, 1.54) is 0 Å². The summed E-state index contributed by atoms with van der Waals surface area (Å²) in [5.41, 5.74) is 7.63. The Morgan fingerprint density at radius 1 is 1.07 bits per heavy atom. The first kappa shape index (κ1) is 18.5. The van der Waals surface area contributed by atoms with E-state index in [1.807, 2.05) is 36.5 Å². The molecule has 6 nitrogen and oxygen atoms in total. The van der Waals surface area contributed by atoms with Gasteiger partial charge >= 0.3 is 0 Å². The topological polar surface area (TPSA) is 90.0 Å². The van der Waals surface area contributed by atoms with Crippen molar-refractivity contribution in [3.8, 4) is 0 Å². The molecule has 0 spiro atoms. The van der Waals surface area contributed by atoms with Crippen LogP contribution in [0.2, 0.25) is 0 Å². The molecule has 0 aliphatic carbocycles. The van der Waals surface area contributed by atoms with Crippen LogP contribution in [-0.4, -0.2) is 24.5 Å². The number of benzene rings is 2. The molecule has 0 saturated carbocycles. The smallest absolute Gasteiger partial charge is 0.264 e. The van der Waals surface area contributed by atoms with Gasteiger partial charge in [0.2, 0.25) is 0 Å². The summed E-state index contributed by atoms with van der Waals surface area (Å²) in [6.07, 6.45) is 3.57. The average Bonchev–Trinajstić information content (AvgIpc) is 3.11. The van der Waals surface area contributed by atoms with Crippen molar-refractivity contribution in [1.29, 1.82) is 0 Å². The minimum Gasteiger partial charge on any atom is -0.341 e. The van der Waals surface area contributed by atoms with Crippen LogP contribution in [0.3, 0.4) is 0 Å². The minimum atomic E-state index is -3.77. The second kappa shape index (κ2) is 6.61. The molecular weight excluding hydrogens is 372 g/mol. The van der Waals surface area contributed by atoms with Gasteiger partial charge in [-0.05, 0) is 50.2 Å². The van der Waals surface area contributed by atoms with Gasteiger partial charge in [-0.25, -0.2) is 8.42 Å². The lowest BCUT2D eigenvalue weighted by atomic mass is 10.1. The minimum absolute atomic E-state index is 0.160. The van der Waals surface area contributed by atoms with Crippen LogP contribution < -0.4 is 10.5 Å².